The minimum absolute atomic E-state index is 0.0503. The first kappa shape index (κ1) is 174. The summed E-state index contributed by atoms with van der Waals surface area (Å²) >= 11 is 0. The molecule has 850 valence electrons. The Labute approximate surface area is 860 Å². The van der Waals surface area contributed by atoms with E-state index in [1.165, 1.54) is 148 Å². The number of hydrogen-bond acceptors (Lipinski definition) is 19. The van der Waals surface area contributed by atoms with Gasteiger partial charge in [0.2, 0.25) is 0 Å². The van der Waals surface area contributed by atoms with E-state index in [0.29, 0.717) is 97.7 Å². The predicted octanol–water partition coefficient (Wildman–Crippen LogP) is 35.3. The van der Waals surface area contributed by atoms with Crippen LogP contribution in [0, 0.1) is 0 Å². The van der Waals surface area contributed by atoms with Gasteiger partial charge in [0.1, 0.15) is 0 Å². The quantitative estimate of drug-likeness (QED) is 0.0525. The van der Waals surface area contributed by atoms with Crippen molar-refractivity contribution in [3.05, 3.63) is 0 Å². The maximum absolute atomic E-state index is 5.69. The lowest BCUT2D eigenvalue weighted by atomic mass is 9.98. The molecule has 0 aromatic heterocycles. The van der Waals surface area contributed by atoms with Crippen LogP contribution < -0.4 is 0 Å². The van der Waals surface area contributed by atoms with Crippen LogP contribution in [0.25, 0.3) is 0 Å². The molecule has 2 aliphatic carbocycles. The highest BCUT2D eigenvalue weighted by Crippen LogP contribution is 2.23. The molecule has 0 amide bonds. The Hall–Kier alpha value is -0.760. The van der Waals surface area contributed by atoms with E-state index in [2.05, 4.69) is 233 Å². The molecule has 0 bridgehead atoms. The van der Waals surface area contributed by atoms with Crippen LogP contribution in [-0.2, 0) is 90.0 Å². The fourth-order valence-electron chi connectivity index (χ4n) is 9.60. The summed E-state index contributed by atoms with van der Waals surface area (Å²) in [6.45, 7) is 115. The van der Waals surface area contributed by atoms with Crippen LogP contribution in [0.2, 0.25) is 0 Å². The second-order valence-electron chi connectivity index (χ2n) is 36.5. The Bertz CT molecular complexity index is 1680. The second kappa shape index (κ2) is 165. The Kier molecular flexibility index (Phi) is 211. The summed E-state index contributed by atoms with van der Waals surface area (Å²) in [5, 5.41) is 0. The Morgan fingerprint density at radius 2 is 0.471 bits per heavy atom. The largest absolute Gasteiger partial charge is 0.385 e. The average Bonchev–Trinajstić information content (AvgIpc) is 1.89. The van der Waals surface area contributed by atoms with Gasteiger partial charge in [-0.2, -0.15) is 0 Å². The van der Waals surface area contributed by atoms with Crippen LogP contribution in [0.5, 0.6) is 0 Å². The number of unbranched alkanes of at least 4 members (excludes halogenated alkanes) is 4. The molecule has 0 N–H and O–H groups in total. The van der Waals surface area contributed by atoms with Gasteiger partial charge in [-0.15, -0.1) is 0 Å². The monoisotopic (exact) mass is 1980 g/mol. The zero-order valence-electron chi connectivity index (χ0n) is 103. The smallest absolute Gasteiger partial charge is 0.0598 e. The van der Waals surface area contributed by atoms with E-state index in [1.54, 1.807) is 28.4 Å². The number of rotatable bonds is 55. The summed E-state index contributed by atoms with van der Waals surface area (Å²) in [6.07, 6.45) is 45.2. The molecule has 0 spiro atoms. The van der Waals surface area contributed by atoms with E-state index in [0.717, 1.165) is 164 Å². The van der Waals surface area contributed by atoms with E-state index in [-0.39, 0.29) is 5.60 Å². The summed E-state index contributed by atoms with van der Waals surface area (Å²) in [5.74, 6) is 0. The summed E-state index contributed by atoms with van der Waals surface area (Å²) in [7, 11) is 6.86. The van der Waals surface area contributed by atoms with Crippen LogP contribution >= 0.6 is 0 Å². The molecule has 7 atom stereocenters. The van der Waals surface area contributed by atoms with Gasteiger partial charge in [-0.05, 0) is 350 Å². The molecule has 2 saturated carbocycles. The molecule has 0 radical (unpaired) electrons. The third-order valence-corrected chi connectivity index (χ3v) is 18.2. The summed E-state index contributed by atoms with van der Waals surface area (Å²) in [4.78, 5) is 0. The molecule has 0 heterocycles. The second-order valence-corrected chi connectivity index (χ2v) is 36.5. The first-order chi connectivity index (χ1) is 64.3. The highest BCUT2D eigenvalue weighted by atomic mass is 16.5. The van der Waals surface area contributed by atoms with Crippen molar-refractivity contribution in [1.82, 2.24) is 0 Å². The third kappa shape index (κ3) is 257. The fourth-order valence-corrected chi connectivity index (χ4v) is 9.60. The lowest BCUT2D eigenvalue weighted by Gasteiger charge is -2.23. The third-order valence-electron chi connectivity index (χ3n) is 18.2. The molecule has 0 aromatic carbocycles. The van der Waals surface area contributed by atoms with Gasteiger partial charge in [-0.25, -0.2) is 0 Å². The van der Waals surface area contributed by atoms with Crippen LogP contribution in [0.3, 0.4) is 0 Å². The zero-order chi connectivity index (χ0) is 109. The predicted molar refractivity (Wildman–Crippen MR) is 606 cm³/mol. The van der Waals surface area contributed by atoms with Gasteiger partial charge >= 0.3 is 0 Å². The van der Waals surface area contributed by atoms with Crippen molar-refractivity contribution in [2.75, 3.05) is 141 Å². The van der Waals surface area contributed by atoms with Gasteiger partial charge in [-0.3, -0.25) is 0 Å². The van der Waals surface area contributed by atoms with Crippen molar-refractivity contribution in [1.29, 1.82) is 0 Å². The van der Waals surface area contributed by atoms with Crippen molar-refractivity contribution < 1.29 is 90.0 Å². The highest BCUT2D eigenvalue weighted by molar-refractivity contribution is 4.68. The molecule has 2 fully saturated rings. The maximum atomic E-state index is 5.69. The van der Waals surface area contributed by atoms with E-state index in [1.807, 2.05) is 104 Å². The van der Waals surface area contributed by atoms with Gasteiger partial charge in [0.05, 0.1) is 103 Å². The van der Waals surface area contributed by atoms with Crippen LogP contribution in [0.1, 0.15) is 531 Å². The SMILES string of the molecule is CC(C)OC1CCCC1.CC(C)OC1CCCCC1.CCC(C)OC.CCCC(C)OC.CCCCOC(C)C.CCCCOC(C)CC.CCCCOC(C)CCC.CCCCOCC.CCCOC(C)C.CCCOC(C)CC.CCCOC(C)CCC.CCCOCC.CCOC.CCOC(C)(C)C.CCOC(C)C.CCOC(C)C.CCOC(C)CC.CCOCC.COC(C)C. The summed E-state index contributed by atoms with van der Waals surface area (Å²) < 4.78 is 98.1. The van der Waals surface area contributed by atoms with Gasteiger partial charge in [-0.1, -0.05) is 181 Å². The van der Waals surface area contributed by atoms with E-state index >= 15 is 0 Å². The van der Waals surface area contributed by atoms with Gasteiger partial charge < -0.3 is 90.0 Å². The van der Waals surface area contributed by atoms with Crippen molar-refractivity contribution in [3.8, 4) is 0 Å². The van der Waals surface area contributed by atoms with Crippen molar-refractivity contribution in [2.24, 2.45) is 0 Å². The van der Waals surface area contributed by atoms with Crippen LogP contribution in [-0.4, -0.2) is 244 Å². The standard InChI is InChI=1S/C9H18O.C9H20O.C8H16O.2C8H18O.2C7H16O.5C6H14O.4C5H12O.2C4H10O.C3H8O/c1-8(2)10-9-6-4-3-5-7-9;1-4-6-8-10-9(3)7-5-2;1-7(2)9-8-5-3-4-6-8;1-4-6-7-9-8(3)5-2;1-4-6-8(3)9-7-5-2;1-4-5-6-8-7(2)3;1-4-6-8-7(3)5-2;1-5-7-6(2,3)4;1-4-5-6(2)7-3;1-4-5-7-6(2)3;1-4-6(3)7-5-2;1-3-5-6-7-4-2;1-4-5(2)6-3;2*1-4-6-5(2)3;1-3-5-6-4-2;1-4(2)5-3;1-3-5-4-2;1-3-4-2/h8-9H,3-7H2,1-2H3;9H,4-8H2,1-3H3;7-8H,3-6H2,1-2H3;2*8H,4-7H2,1-3H3;2*7H,4-6H2,1-3H3;5H2,1-4H3;3*6H,4-5H2,1-3H3;3-6H2,1-2H3;3*5H,4H2,1-3H3;3-5H2,1-2H3;4H,1-3H3;3-4H2,1-2H3;3H2,1-2H3. The maximum Gasteiger partial charge on any atom is 0.0598 e. The molecule has 136 heavy (non-hydrogen) atoms. The summed E-state index contributed by atoms with van der Waals surface area (Å²) in [6, 6.07) is 0. The minimum Gasteiger partial charge on any atom is -0.385 e. The zero-order valence-corrected chi connectivity index (χ0v) is 103. The van der Waals surface area contributed by atoms with Crippen molar-refractivity contribution in [3.63, 3.8) is 0 Å². The Balaban J connectivity index is -0.0000000736. The highest BCUT2D eigenvalue weighted by Gasteiger charge is 2.17. The van der Waals surface area contributed by atoms with Crippen molar-refractivity contribution in [2.45, 2.75) is 635 Å². The van der Waals surface area contributed by atoms with Gasteiger partial charge in [0.15, 0.2) is 0 Å². The lowest BCUT2D eigenvalue weighted by molar-refractivity contribution is -0.0118. The van der Waals surface area contributed by atoms with Crippen LogP contribution in [0.15, 0.2) is 0 Å². The molecule has 19 nitrogen and oxygen atoms in total. The molecular formula is C117H268O19. The van der Waals surface area contributed by atoms with Gasteiger partial charge in [0.25, 0.3) is 0 Å². The molecule has 7 unspecified atom stereocenters. The molecular weight excluding hydrogens is 1710 g/mol. The molecule has 2 aliphatic rings. The first-order valence-electron chi connectivity index (χ1n) is 56.6. The molecule has 19 heteroatoms. The van der Waals surface area contributed by atoms with Crippen molar-refractivity contribution >= 4 is 0 Å². The Morgan fingerprint density at radius 3 is 0.654 bits per heavy atom. The average molecular weight is 1980 g/mol. The van der Waals surface area contributed by atoms with Gasteiger partial charge in [0, 0.05) is 141 Å². The first-order valence-corrected chi connectivity index (χ1v) is 56.6. The van der Waals surface area contributed by atoms with E-state index in [4.69, 9.17) is 85.3 Å². The molecule has 0 saturated heterocycles. The molecule has 0 aliphatic heterocycles. The Morgan fingerprint density at radius 1 is 0.213 bits per heavy atom. The topological polar surface area (TPSA) is 175 Å². The number of hydrogen-bond donors (Lipinski definition) is 0. The molecule has 2 rings (SSSR count). The van der Waals surface area contributed by atoms with E-state index < -0.39 is 0 Å². The van der Waals surface area contributed by atoms with E-state index in [9.17, 15) is 0 Å². The lowest BCUT2D eigenvalue weighted by Crippen LogP contribution is -2.20. The summed E-state index contributed by atoms with van der Waals surface area (Å²) in [5.41, 5.74) is 0.0503. The molecule has 0 aromatic rings. The fraction of sp³-hybridized carbons (Fsp3) is 1.00. The number of ether oxygens (including phenoxy) is 19. The van der Waals surface area contributed by atoms with Crippen LogP contribution in [0.4, 0.5) is 0 Å². The minimum atomic E-state index is 0.0503. The normalized spacial score (nSPS) is 13.2. The number of methoxy groups -OCH3 is 4.